The van der Waals surface area contributed by atoms with Crippen LogP contribution in [0.15, 0.2) is 35.2 Å². The monoisotopic (exact) mass is 456 g/mol. The molecule has 9 heteroatoms. The number of aromatic nitrogens is 3. The van der Waals surface area contributed by atoms with Gasteiger partial charge in [0.25, 0.3) is 5.91 Å². The highest BCUT2D eigenvalue weighted by Crippen LogP contribution is 2.41. The summed E-state index contributed by atoms with van der Waals surface area (Å²) in [5.74, 6) is 0.391. The minimum Gasteiger partial charge on any atom is -0.322 e. The number of carbonyl (C=O) groups is 1. The Morgan fingerprint density at radius 1 is 1.23 bits per heavy atom. The van der Waals surface area contributed by atoms with E-state index in [-0.39, 0.29) is 23.5 Å². The maximum absolute atomic E-state index is 13.3. The summed E-state index contributed by atoms with van der Waals surface area (Å²) < 4.78 is 25.8. The lowest BCUT2D eigenvalue weighted by molar-refractivity contribution is 0.102. The van der Waals surface area contributed by atoms with Gasteiger partial charge in [0.05, 0.1) is 34.2 Å². The van der Waals surface area contributed by atoms with Crippen molar-refractivity contribution in [3.63, 3.8) is 0 Å². The van der Waals surface area contributed by atoms with Crippen molar-refractivity contribution in [1.82, 2.24) is 14.8 Å². The Balaban J connectivity index is 1.59. The number of aryl methyl sites for hydroxylation is 1. The van der Waals surface area contributed by atoms with Gasteiger partial charge in [-0.25, -0.2) is 18.1 Å². The molecule has 1 saturated heterocycles. The summed E-state index contributed by atoms with van der Waals surface area (Å²) in [6.45, 7) is 1.85. The van der Waals surface area contributed by atoms with Crippen LogP contribution in [0.2, 0.25) is 0 Å². The highest BCUT2D eigenvalue weighted by Gasteiger charge is 2.34. The molecule has 2 aliphatic rings. The van der Waals surface area contributed by atoms with Crippen molar-refractivity contribution in [3.05, 3.63) is 47.3 Å². The first-order valence-electron chi connectivity index (χ1n) is 10.4. The van der Waals surface area contributed by atoms with Crippen LogP contribution in [0.25, 0.3) is 11.0 Å². The topological polar surface area (TPSA) is 93.9 Å². The number of thioether (sulfide) groups is 1. The molecule has 1 aliphatic carbocycles. The third-order valence-electron chi connectivity index (χ3n) is 5.98. The highest BCUT2D eigenvalue weighted by atomic mass is 32.2. The van der Waals surface area contributed by atoms with Gasteiger partial charge in [-0.05, 0) is 56.7 Å². The minimum absolute atomic E-state index is 0.0710. The molecule has 1 amide bonds. The fourth-order valence-corrected chi connectivity index (χ4v) is 6.37. The Morgan fingerprint density at radius 3 is 2.71 bits per heavy atom. The Labute approximate surface area is 185 Å². The molecule has 0 bridgehead atoms. The van der Waals surface area contributed by atoms with Crippen molar-refractivity contribution in [2.75, 3.05) is 23.1 Å². The molecule has 1 aliphatic heterocycles. The van der Waals surface area contributed by atoms with Gasteiger partial charge in [-0.15, -0.1) is 11.8 Å². The molecule has 2 fully saturated rings. The van der Waals surface area contributed by atoms with E-state index in [9.17, 15) is 13.2 Å². The van der Waals surface area contributed by atoms with Crippen LogP contribution in [0.3, 0.4) is 0 Å². The normalized spacial score (nSPS) is 20.3. The lowest BCUT2D eigenvalue weighted by Gasteiger charge is -2.12. The lowest BCUT2D eigenvalue weighted by Crippen LogP contribution is -2.15. The predicted octanol–water partition coefficient (Wildman–Crippen LogP) is 3.95. The van der Waals surface area contributed by atoms with E-state index in [4.69, 9.17) is 4.98 Å². The van der Waals surface area contributed by atoms with Crippen molar-refractivity contribution in [2.24, 2.45) is 0 Å². The summed E-state index contributed by atoms with van der Waals surface area (Å²) in [6, 6.07) is 9.39. The van der Waals surface area contributed by atoms with Crippen LogP contribution < -0.4 is 5.32 Å². The van der Waals surface area contributed by atoms with Crippen LogP contribution in [-0.4, -0.2) is 46.9 Å². The molecule has 2 aromatic heterocycles. The second-order valence-corrected chi connectivity index (χ2v) is 11.4. The maximum Gasteiger partial charge on any atom is 0.256 e. The molecule has 3 aromatic rings. The van der Waals surface area contributed by atoms with Crippen molar-refractivity contribution in [2.45, 2.75) is 43.0 Å². The van der Waals surface area contributed by atoms with E-state index in [1.54, 1.807) is 16.4 Å². The quantitative estimate of drug-likeness (QED) is 0.584. The molecule has 7 nitrogen and oxygen atoms in total. The second-order valence-electron chi connectivity index (χ2n) is 8.34. The average Bonchev–Trinajstić information content (AvgIpc) is 3.46. The molecule has 162 valence electrons. The largest absolute Gasteiger partial charge is 0.322 e. The molecular weight excluding hydrogens is 432 g/mol. The molecule has 1 N–H and O–H groups in total. The van der Waals surface area contributed by atoms with Gasteiger partial charge in [0.15, 0.2) is 15.5 Å². The average molecular weight is 457 g/mol. The van der Waals surface area contributed by atoms with Crippen LogP contribution in [-0.2, 0) is 9.84 Å². The van der Waals surface area contributed by atoms with E-state index >= 15 is 0 Å². The van der Waals surface area contributed by atoms with Gasteiger partial charge in [-0.1, -0.05) is 6.07 Å². The predicted molar refractivity (Wildman–Crippen MR) is 123 cm³/mol. The van der Waals surface area contributed by atoms with Crippen LogP contribution >= 0.6 is 11.8 Å². The van der Waals surface area contributed by atoms with Crippen LogP contribution in [0.5, 0.6) is 0 Å². The van der Waals surface area contributed by atoms with Crippen molar-refractivity contribution in [3.8, 4) is 0 Å². The Kier molecular flexibility index (Phi) is 5.05. The minimum atomic E-state index is -3.06. The molecule has 1 aromatic carbocycles. The van der Waals surface area contributed by atoms with Gasteiger partial charge in [0.1, 0.15) is 0 Å². The molecule has 3 heterocycles. The number of fused-ring (bicyclic) bond motifs is 1. The molecular formula is C22H24N4O3S2. The molecule has 1 unspecified atom stereocenters. The van der Waals surface area contributed by atoms with Gasteiger partial charge in [-0.3, -0.25) is 4.79 Å². The summed E-state index contributed by atoms with van der Waals surface area (Å²) in [7, 11) is -3.06. The third kappa shape index (κ3) is 3.96. The van der Waals surface area contributed by atoms with E-state index in [2.05, 4.69) is 10.4 Å². The smallest absolute Gasteiger partial charge is 0.256 e. The number of rotatable bonds is 5. The number of hydrogen-bond donors (Lipinski definition) is 1. The summed E-state index contributed by atoms with van der Waals surface area (Å²) in [5.41, 5.74) is 3.48. The molecule has 0 radical (unpaired) electrons. The van der Waals surface area contributed by atoms with Crippen LogP contribution in [0.1, 0.15) is 53.0 Å². The Hall–Kier alpha value is -2.39. The zero-order valence-electron chi connectivity index (χ0n) is 17.5. The first-order valence-corrected chi connectivity index (χ1v) is 13.4. The second kappa shape index (κ2) is 7.63. The van der Waals surface area contributed by atoms with E-state index < -0.39 is 9.84 Å². The first kappa shape index (κ1) is 20.5. The standard InChI is InChI=1S/C22H24N4O3S2/c1-13-20-18(22(27)23-15-4-3-5-17(10-15)30-2)11-19(14-6-7-14)24-21(20)26(25-13)16-8-9-31(28,29)12-16/h3-5,10-11,14,16H,6-9,12H2,1-2H3,(H,23,27). The number of benzene rings is 1. The molecule has 1 saturated carbocycles. The molecule has 1 atom stereocenters. The highest BCUT2D eigenvalue weighted by molar-refractivity contribution is 7.98. The van der Waals surface area contributed by atoms with E-state index in [0.717, 1.165) is 29.1 Å². The number of anilines is 1. The van der Waals surface area contributed by atoms with Crippen molar-refractivity contribution >= 4 is 44.2 Å². The van der Waals surface area contributed by atoms with Crippen LogP contribution in [0, 0.1) is 6.92 Å². The summed E-state index contributed by atoms with van der Waals surface area (Å²) in [4.78, 5) is 19.3. The van der Waals surface area contributed by atoms with Gasteiger partial charge >= 0.3 is 0 Å². The van der Waals surface area contributed by atoms with Crippen molar-refractivity contribution < 1.29 is 13.2 Å². The summed E-state index contributed by atoms with van der Waals surface area (Å²) in [6.07, 6.45) is 4.63. The van der Waals surface area contributed by atoms with E-state index in [1.807, 2.05) is 43.5 Å². The van der Waals surface area contributed by atoms with Crippen molar-refractivity contribution in [1.29, 1.82) is 0 Å². The van der Waals surface area contributed by atoms with Gasteiger partial charge in [0, 0.05) is 22.2 Å². The molecule has 0 spiro atoms. The number of pyridine rings is 1. The zero-order valence-corrected chi connectivity index (χ0v) is 19.1. The number of nitrogens with one attached hydrogen (secondary N) is 1. The van der Waals surface area contributed by atoms with E-state index in [1.165, 1.54) is 0 Å². The zero-order chi connectivity index (χ0) is 21.8. The molecule has 31 heavy (non-hydrogen) atoms. The number of carbonyl (C=O) groups excluding carboxylic acids is 1. The van der Waals surface area contributed by atoms with Gasteiger partial charge < -0.3 is 5.32 Å². The SMILES string of the molecule is CSc1cccc(NC(=O)c2cc(C3CC3)nc3c2c(C)nn3C2CCS(=O)(=O)C2)c1. The van der Waals surface area contributed by atoms with Gasteiger partial charge in [-0.2, -0.15) is 5.10 Å². The summed E-state index contributed by atoms with van der Waals surface area (Å²) >= 11 is 1.62. The Morgan fingerprint density at radius 2 is 2.03 bits per heavy atom. The van der Waals surface area contributed by atoms with E-state index in [0.29, 0.717) is 34.6 Å². The third-order valence-corrected chi connectivity index (χ3v) is 8.45. The van der Waals surface area contributed by atoms with Gasteiger partial charge in [0.2, 0.25) is 0 Å². The number of sulfone groups is 1. The number of hydrogen-bond acceptors (Lipinski definition) is 6. The lowest BCUT2D eigenvalue weighted by atomic mass is 10.1. The maximum atomic E-state index is 13.3. The number of nitrogens with zero attached hydrogens (tertiary/aromatic N) is 3. The number of amides is 1. The fraction of sp³-hybridized carbons (Fsp3) is 0.409. The summed E-state index contributed by atoms with van der Waals surface area (Å²) in [5, 5.41) is 8.36. The Bertz CT molecular complexity index is 1300. The molecule has 5 rings (SSSR count). The first-order chi connectivity index (χ1) is 14.8. The van der Waals surface area contributed by atoms with Crippen LogP contribution in [0.4, 0.5) is 5.69 Å². The fourth-order valence-electron chi connectivity index (χ4n) is 4.22.